The molecular formula is C11H17N3O2. The number of hydrogen-bond donors (Lipinski definition) is 1. The average molecular weight is 223 g/mol. The molecule has 1 aromatic rings. The first-order chi connectivity index (χ1) is 7.76. The van der Waals surface area contributed by atoms with Crippen LogP contribution in [0.15, 0.2) is 12.4 Å². The number of methoxy groups -OCH3 is 1. The Kier molecular flexibility index (Phi) is 5.25. The number of aromatic nitrogens is 2. The molecule has 0 fully saturated rings. The highest BCUT2D eigenvalue weighted by atomic mass is 16.5. The molecule has 1 N–H and O–H groups in total. The summed E-state index contributed by atoms with van der Waals surface area (Å²) in [6.45, 7) is 2.76. The Labute approximate surface area is 95.3 Å². The van der Waals surface area contributed by atoms with Crippen LogP contribution in [0.25, 0.3) is 0 Å². The molecule has 1 heterocycles. The summed E-state index contributed by atoms with van der Waals surface area (Å²) < 4.78 is 4.85. The van der Waals surface area contributed by atoms with Gasteiger partial charge in [-0.05, 0) is 18.4 Å². The van der Waals surface area contributed by atoms with Crippen molar-refractivity contribution in [3.8, 4) is 6.01 Å². The Bertz CT molecular complexity index is 325. The fraction of sp³-hybridized carbons (Fsp3) is 0.545. The Hall–Kier alpha value is -1.65. The molecule has 0 aliphatic heterocycles. The van der Waals surface area contributed by atoms with Crippen molar-refractivity contribution in [2.75, 3.05) is 13.7 Å². The number of rotatable bonds is 6. The van der Waals surface area contributed by atoms with Gasteiger partial charge in [0.25, 0.3) is 0 Å². The molecule has 0 bridgehead atoms. The van der Waals surface area contributed by atoms with Crippen LogP contribution in [0.1, 0.15) is 25.3 Å². The molecule has 5 heteroatoms. The van der Waals surface area contributed by atoms with Gasteiger partial charge in [-0.15, -0.1) is 0 Å². The average Bonchev–Trinajstić information content (AvgIpc) is 2.34. The van der Waals surface area contributed by atoms with E-state index in [1.165, 1.54) is 7.11 Å². The lowest BCUT2D eigenvalue weighted by molar-refractivity contribution is -0.121. The molecule has 88 valence electrons. The molecule has 0 unspecified atom stereocenters. The van der Waals surface area contributed by atoms with Crippen molar-refractivity contribution in [3.05, 3.63) is 18.0 Å². The molecule has 0 aliphatic carbocycles. The van der Waals surface area contributed by atoms with Crippen molar-refractivity contribution < 1.29 is 9.53 Å². The summed E-state index contributed by atoms with van der Waals surface area (Å²) in [5.74, 6) is 0.0673. The summed E-state index contributed by atoms with van der Waals surface area (Å²) in [5, 5.41) is 2.82. The second kappa shape index (κ2) is 6.76. The fourth-order valence-electron chi connectivity index (χ4n) is 1.19. The number of nitrogens with one attached hydrogen (secondary N) is 1. The number of aryl methyl sites for hydroxylation is 1. The molecule has 5 nitrogen and oxygen atoms in total. The van der Waals surface area contributed by atoms with Gasteiger partial charge in [0.05, 0.1) is 7.11 Å². The minimum absolute atomic E-state index is 0.0673. The predicted octanol–water partition coefficient (Wildman–Crippen LogP) is 0.944. The Balaban J connectivity index is 2.33. The second-order valence-electron chi connectivity index (χ2n) is 3.43. The van der Waals surface area contributed by atoms with E-state index in [2.05, 4.69) is 15.3 Å². The van der Waals surface area contributed by atoms with Crippen LogP contribution < -0.4 is 10.1 Å². The molecule has 1 rings (SSSR count). The molecule has 16 heavy (non-hydrogen) atoms. The largest absolute Gasteiger partial charge is 0.467 e. The van der Waals surface area contributed by atoms with E-state index in [0.717, 1.165) is 18.5 Å². The first kappa shape index (κ1) is 12.4. The molecule has 0 aromatic carbocycles. The lowest BCUT2D eigenvalue weighted by Gasteiger charge is -2.03. The van der Waals surface area contributed by atoms with E-state index in [1.807, 2.05) is 6.92 Å². The van der Waals surface area contributed by atoms with Crippen molar-refractivity contribution >= 4 is 5.91 Å². The molecule has 0 saturated carbocycles. The van der Waals surface area contributed by atoms with E-state index in [-0.39, 0.29) is 5.91 Å². The Morgan fingerprint density at radius 1 is 1.44 bits per heavy atom. The summed E-state index contributed by atoms with van der Waals surface area (Å²) in [5.41, 5.74) is 0.937. The van der Waals surface area contributed by atoms with Gasteiger partial charge in [0.15, 0.2) is 0 Å². The lowest BCUT2D eigenvalue weighted by Crippen LogP contribution is -2.24. The first-order valence-electron chi connectivity index (χ1n) is 5.38. The SMILES string of the molecule is CCCNC(=O)CCc1cnc(OC)nc1. The van der Waals surface area contributed by atoms with Gasteiger partial charge >= 0.3 is 6.01 Å². The highest BCUT2D eigenvalue weighted by Gasteiger charge is 2.02. The Morgan fingerprint density at radius 3 is 2.69 bits per heavy atom. The molecule has 0 aliphatic rings. The second-order valence-corrected chi connectivity index (χ2v) is 3.43. The highest BCUT2D eigenvalue weighted by Crippen LogP contribution is 2.04. The number of ether oxygens (including phenoxy) is 1. The Morgan fingerprint density at radius 2 is 2.12 bits per heavy atom. The molecule has 0 atom stereocenters. The zero-order valence-corrected chi connectivity index (χ0v) is 9.69. The fourth-order valence-corrected chi connectivity index (χ4v) is 1.19. The number of amides is 1. The lowest BCUT2D eigenvalue weighted by atomic mass is 10.2. The summed E-state index contributed by atoms with van der Waals surface area (Å²) in [4.78, 5) is 19.3. The van der Waals surface area contributed by atoms with Crippen molar-refractivity contribution in [1.82, 2.24) is 15.3 Å². The van der Waals surface area contributed by atoms with Crippen LogP contribution in [0.4, 0.5) is 0 Å². The number of hydrogen-bond acceptors (Lipinski definition) is 4. The highest BCUT2D eigenvalue weighted by molar-refractivity contribution is 5.76. The van der Waals surface area contributed by atoms with E-state index in [9.17, 15) is 4.79 Å². The summed E-state index contributed by atoms with van der Waals surface area (Å²) in [6, 6.07) is 0.346. The normalized spacial score (nSPS) is 9.88. The zero-order valence-electron chi connectivity index (χ0n) is 9.69. The van der Waals surface area contributed by atoms with E-state index < -0.39 is 0 Å². The van der Waals surface area contributed by atoms with Gasteiger partial charge in [-0.1, -0.05) is 6.92 Å². The molecule has 0 spiro atoms. The van der Waals surface area contributed by atoms with Gasteiger partial charge in [-0.2, -0.15) is 0 Å². The van der Waals surface area contributed by atoms with Crippen molar-refractivity contribution in [2.45, 2.75) is 26.2 Å². The molecule has 1 aromatic heterocycles. The monoisotopic (exact) mass is 223 g/mol. The van der Waals surface area contributed by atoms with Gasteiger partial charge in [0, 0.05) is 25.4 Å². The smallest absolute Gasteiger partial charge is 0.316 e. The van der Waals surface area contributed by atoms with Gasteiger partial charge in [-0.3, -0.25) is 4.79 Å². The molecule has 0 saturated heterocycles. The number of carbonyl (C=O) groups is 1. The third-order valence-corrected chi connectivity index (χ3v) is 2.08. The van der Waals surface area contributed by atoms with Crippen LogP contribution in [-0.2, 0) is 11.2 Å². The quantitative estimate of drug-likeness (QED) is 0.779. The zero-order chi connectivity index (χ0) is 11.8. The van der Waals surface area contributed by atoms with Crippen molar-refractivity contribution in [2.24, 2.45) is 0 Å². The first-order valence-corrected chi connectivity index (χ1v) is 5.38. The predicted molar refractivity (Wildman–Crippen MR) is 60.2 cm³/mol. The van der Waals surface area contributed by atoms with Crippen molar-refractivity contribution in [1.29, 1.82) is 0 Å². The summed E-state index contributed by atoms with van der Waals surface area (Å²) >= 11 is 0. The summed E-state index contributed by atoms with van der Waals surface area (Å²) in [7, 11) is 1.52. The minimum atomic E-state index is 0.0673. The van der Waals surface area contributed by atoms with Crippen LogP contribution in [0.2, 0.25) is 0 Å². The van der Waals surface area contributed by atoms with Gasteiger partial charge in [0.2, 0.25) is 5.91 Å². The molecular weight excluding hydrogens is 206 g/mol. The molecule has 0 radical (unpaired) electrons. The van der Waals surface area contributed by atoms with Gasteiger partial charge in [-0.25, -0.2) is 9.97 Å². The third kappa shape index (κ3) is 4.25. The van der Waals surface area contributed by atoms with Crippen LogP contribution in [0.5, 0.6) is 6.01 Å². The van der Waals surface area contributed by atoms with Crippen LogP contribution >= 0.6 is 0 Å². The maximum atomic E-state index is 11.3. The van der Waals surface area contributed by atoms with Gasteiger partial charge in [0.1, 0.15) is 0 Å². The maximum Gasteiger partial charge on any atom is 0.316 e. The third-order valence-electron chi connectivity index (χ3n) is 2.08. The topological polar surface area (TPSA) is 64.1 Å². The van der Waals surface area contributed by atoms with E-state index in [0.29, 0.717) is 18.9 Å². The van der Waals surface area contributed by atoms with E-state index in [4.69, 9.17) is 4.74 Å². The van der Waals surface area contributed by atoms with E-state index >= 15 is 0 Å². The van der Waals surface area contributed by atoms with Gasteiger partial charge < -0.3 is 10.1 Å². The molecule has 1 amide bonds. The maximum absolute atomic E-state index is 11.3. The number of nitrogens with zero attached hydrogens (tertiary/aromatic N) is 2. The van der Waals surface area contributed by atoms with Crippen molar-refractivity contribution in [3.63, 3.8) is 0 Å². The van der Waals surface area contributed by atoms with E-state index in [1.54, 1.807) is 12.4 Å². The standard InChI is InChI=1S/C11H17N3O2/c1-3-6-12-10(15)5-4-9-7-13-11(16-2)14-8-9/h7-8H,3-6H2,1-2H3,(H,12,15). The summed E-state index contributed by atoms with van der Waals surface area (Å²) in [6.07, 6.45) is 5.44. The van der Waals surface area contributed by atoms with Crippen LogP contribution in [0.3, 0.4) is 0 Å². The number of carbonyl (C=O) groups excluding carboxylic acids is 1. The van der Waals surface area contributed by atoms with Crippen LogP contribution in [-0.4, -0.2) is 29.5 Å². The van der Waals surface area contributed by atoms with Crippen LogP contribution in [0, 0.1) is 0 Å². The minimum Gasteiger partial charge on any atom is -0.467 e.